The molecule has 2 saturated carbocycles. The number of halogens is 1. The molecule has 2 N–H and O–H groups in total. The standard InChI is InChI=1S/C17H32N4O2S.HI/c1-18-16(21-11-9-17(14-21)7-2-3-8-17)19-10-12-24(22,23)20-13-15-5-4-6-15;/h15,20H,2-14H2,1H3,(H,18,19);1H. The molecule has 0 bridgehead atoms. The highest BCUT2D eigenvalue weighted by atomic mass is 127. The van der Waals surface area contributed by atoms with Crippen LogP contribution in [0.25, 0.3) is 0 Å². The van der Waals surface area contributed by atoms with Crippen molar-refractivity contribution in [2.24, 2.45) is 16.3 Å². The largest absolute Gasteiger partial charge is 0.355 e. The van der Waals surface area contributed by atoms with Crippen LogP contribution in [0, 0.1) is 11.3 Å². The van der Waals surface area contributed by atoms with Gasteiger partial charge in [-0.2, -0.15) is 0 Å². The van der Waals surface area contributed by atoms with Crippen LogP contribution in [0.4, 0.5) is 0 Å². The van der Waals surface area contributed by atoms with Gasteiger partial charge >= 0.3 is 0 Å². The van der Waals surface area contributed by atoms with Crippen molar-refractivity contribution in [2.75, 3.05) is 39.0 Å². The molecule has 0 atom stereocenters. The van der Waals surface area contributed by atoms with Crippen molar-refractivity contribution >= 4 is 40.0 Å². The van der Waals surface area contributed by atoms with Gasteiger partial charge in [-0.05, 0) is 43.4 Å². The van der Waals surface area contributed by atoms with Crippen molar-refractivity contribution in [3.63, 3.8) is 0 Å². The van der Waals surface area contributed by atoms with Crippen molar-refractivity contribution in [2.45, 2.75) is 51.4 Å². The van der Waals surface area contributed by atoms with E-state index in [4.69, 9.17) is 0 Å². The Morgan fingerprint density at radius 1 is 1.20 bits per heavy atom. The molecule has 6 nitrogen and oxygen atoms in total. The van der Waals surface area contributed by atoms with Crippen molar-refractivity contribution in [1.82, 2.24) is 14.9 Å². The third-order valence-electron chi connectivity index (χ3n) is 6.08. The molecule has 0 aromatic carbocycles. The van der Waals surface area contributed by atoms with Crippen LogP contribution in [-0.4, -0.2) is 58.3 Å². The molecule has 3 rings (SSSR count). The maximum Gasteiger partial charge on any atom is 0.213 e. The number of hydrogen-bond donors (Lipinski definition) is 2. The lowest BCUT2D eigenvalue weighted by molar-refractivity contribution is 0.309. The lowest BCUT2D eigenvalue weighted by Crippen LogP contribution is -2.44. The molecule has 3 aliphatic rings. The first-order valence-corrected chi connectivity index (χ1v) is 11.1. The van der Waals surface area contributed by atoms with E-state index >= 15 is 0 Å². The molecule has 0 aromatic rings. The highest BCUT2D eigenvalue weighted by Gasteiger charge is 2.41. The van der Waals surface area contributed by atoms with Gasteiger partial charge in [0, 0.05) is 33.2 Å². The zero-order valence-electron chi connectivity index (χ0n) is 15.3. The monoisotopic (exact) mass is 484 g/mol. The van der Waals surface area contributed by atoms with Crippen LogP contribution in [-0.2, 0) is 10.0 Å². The summed E-state index contributed by atoms with van der Waals surface area (Å²) < 4.78 is 26.9. The molecule has 0 unspecified atom stereocenters. The maximum absolute atomic E-state index is 12.1. The molecule has 0 amide bonds. The van der Waals surface area contributed by atoms with Gasteiger partial charge in [-0.15, -0.1) is 24.0 Å². The minimum absolute atomic E-state index is 0. The number of nitrogens with zero attached hydrogens (tertiary/aromatic N) is 2. The molecular formula is C17H33IN4O2S. The minimum Gasteiger partial charge on any atom is -0.355 e. The van der Waals surface area contributed by atoms with E-state index in [-0.39, 0.29) is 29.7 Å². The lowest BCUT2D eigenvalue weighted by Gasteiger charge is -2.26. The van der Waals surface area contributed by atoms with Crippen molar-refractivity contribution in [3.05, 3.63) is 0 Å². The summed E-state index contributed by atoms with van der Waals surface area (Å²) in [4.78, 5) is 6.66. The summed E-state index contributed by atoms with van der Waals surface area (Å²) in [6, 6.07) is 0. The van der Waals surface area contributed by atoms with E-state index in [2.05, 4.69) is 19.9 Å². The van der Waals surface area contributed by atoms with Crippen molar-refractivity contribution in [3.8, 4) is 0 Å². The Morgan fingerprint density at radius 3 is 2.52 bits per heavy atom. The average molecular weight is 484 g/mol. The highest BCUT2D eigenvalue weighted by Crippen LogP contribution is 2.45. The van der Waals surface area contributed by atoms with Crippen LogP contribution < -0.4 is 10.0 Å². The molecule has 1 aliphatic heterocycles. The molecule has 3 fully saturated rings. The van der Waals surface area contributed by atoms with Gasteiger partial charge in [0.05, 0.1) is 5.75 Å². The Hall–Kier alpha value is -0.0900. The maximum atomic E-state index is 12.1. The number of rotatable bonds is 6. The van der Waals surface area contributed by atoms with E-state index in [9.17, 15) is 8.42 Å². The van der Waals surface area contributed by atoms with Crippen molar-refractivity contribution in [1.29, 1.82) is 0 Å². The van der Waals surface area contributed by atoms with Crippen LogP contribution in [0.15, 0.2) is 4.99 Å². The molecule has 25 heavy (non-hydrogen) atoms. The van der Waals surface area contributed by atoms with Crippen LogP contribution in [0.5, 0.6) is 0 Å². The van der Waals surface area contributed by atoms with Crippen LogP contribution >= 0.6 is 24.0 Å². The van der Waals surface area contributed by atoms with Crippen LogP contribution in [0.2, 0.25) is 0 Å². The molecular weight excluding hydrogens is 451 g/mol. The fraction of sp³-hybridized carbons (Fsp3) is 0.941. The summed E-state index contributed by atoms with van der Waals surface area (Å²) in [5.41, 5.74) is 0.494. The second-order valence-electron chi connectivity index (χ2n) is 7.82. The molecule has 1 spiro atoms. The molecule has 146 valence electrons. The topological polar surface area (TPSA) is 73.8 Å². The van der Waals surface area contributed by atoms with E-state index in [1.54, 1.807) is 7.05 Å². The number of likely N-dealkylation sites (tertiary alicyclic amines) is 1. The average Bonchev–Trinajstić information content (AvgIpc) is 3.12. The first-order valence-electron chi connectivity index (χ1n) is 9.45. The smallest absolute Gasteiger partial charge is 0.213 e. The second-order valence-corrected chi connectivity index (χ2v) is 9.74. The van der Waals surface area contributed by atoms with E-state index < -0.39 is 10.0 Å². The van der Waals surface area contributed by atoms with Gasteiger partial charge in [-0.1, -0.05) is 19.3 Å². The zero-order valence-corrected chi connectivity index (χ0v) is 18.4. The fourth-order valence-electron chi connectivity index (χ4n) is 4.29. The van der Waals surface area contributed by atoms with Gasteiger partial charge in [-0.25, -0.2) is 13.1 Å². The Bertz CT molecular complexity index is 557. The van der Waals surface area contributed by atoms with Crippen molar-refractivity contribution < 1.29 is 8.42 Å². The van der Waals surface area contributed by atoms with Gasteiger partial charge < -0.3 is 10.2 Å². The number of aliphatic imine (C=N–C) groups is 1. The third-order valence-corrected chi connectivity index (χ3v) is 7.43. The summed E-state index contributed by atoms with van der Waals surface area (Å²) in [7, 11) is -1.41. The third kappa shape index (κ3) is 5.69. The summed E-state index contributed by atoms with van der Waals surface area (Å²) >= 11 is 0. The van der Waals surface area contributed by atoms with Gasteiger partial charge in [0.1, 0.15) is 0 Å². The number of guanidine groups is 1. The summed E-state index contributed by atoms with van der Waals surface area (Å²) in [6.45, 7) is 3.12. The molecule has 2 aliphatic carbocycles. The Kier molecular flexibility index (Phi) is 7.82. The zero-order chi connectivity index (χ0) is 17.0. The highest BCUT2D eigenvalue weighted by molar-refractivity contribution is 14.0. The molecule has 0 aromatic heterocycles. The number of hydrogen-bond acceptors (Lipinski definition) is 3. The quantitative estimate of drug-likeness (QED) is 0.345. The Morgan fingerprint density at radius 2 is 1.92 bits per heavy atom. The predicted molar refractivity (Wildman–Crippen MR) is 113 cm³/mol. The predicted octanol–water partition coefficient (Wildman–Crippen LogP) is 2.17. The van der Waals surface area contributed by atoms with Gasteiger partial charge in [-0.3, -0.25) is 4.99 Å². The van der Waals surface area contributed by atoms with E-state index in [1.807, 2.05) is 0 Å². The molecule has 8 heteroatoms. The first kappa shape index (κ1) is 21.2. The van der Waals surface area contributed by atoms with Gasteiger partial charge in [0.25, 0.3) is 0 Å². The Balaban J connectivity index is 0.00000225. The van der Waals surface area contributed by atoms with E-state index in [0.717, 1.165) is 31.9 Å². The lowest BCUT2D eigenvalue weighted by atomic mass is 9.86. The van der Waals surface area contributed by atoms with Gasteiger partial charge in [0.15, 0.2) is 5.96 Å². The molecule has 0 radical (unpaired) electrons. The second kappa shape index (κ2) is 9.21. The van der Waals surface area contributed by atoms with Crippen LogP contribution in [0.3, 0.4) is 0 Å². The SMILES string of the molecule is CN=C(NCCS(=O)(=O)NCC1CCC1)N1CCC2(CCCC2)C1.I. The first-order chi connectivity index (χ1) is 11.5. The van der Waals surface area contributed by atoms with Crippen LogP contribution in [0.1, 0.15) is 51.4 Å². The molecule has 1 saturated heterocycles. The summed E-state index contributed by atoms with van der Waals surface area (Å²) in [6.07, 6.45) is 10.2. The van der Waals surface area contributed by atoms with E-state index in [1.165, 1.54) is 38.5 Å². The fourth-order valence-corrected chi connectivity index (χ4v) is 5.30. The normalized spacial score (nSPS) is 23.6. The van der Waals surface area contributed by atoms with E-state index in [0.29, 0.717) is 24.4 Å². The summed E-state index contributed by atoms with van der Waals surface area (Å²) in [5.74, 6) is 1.51. The molecule has 1 heterocycles. The Labute approximate surface area is 169 Å². The van der Waals surface area contributed by atoms with Gasteiger partial charge in [0.2, 0.25) is 10.0 Å². The number of nitrogens with one attached hydrogen (secondary N) is 2. The number of sulfonamides is 1. The minimum atomic E-state index is -3.19. The summed E-state index contributed by atoms with van der Waals surface area (Å²) in [5, 5.41) is 3.25.